The fraction of sp³-hybridized carbons (Fsp3) is 0.214. The van der Waals surface area contributed by atoms with Gasteiger partial charge >= 0.3 is 5.97 Å². The number of rotatable bonds is 6. The summed E-state index contributed by atoms with van der Waals surface area (Å²) in [5.74, 6) is -0.640. The summed E-state index contributed by atoms with van der Waals surface area (Å²) in [4.78, 5) is 24.1. The number of aromatic nitrogens is 1. The molecule has 6 heteroatoms. The quantitative estimate of drug-likeness (QED) is 0.376. The van der Waals surface area contributed by atoms with E-state index in [1.54, 1.807) is 12.1 Å². The molecule has 0 saturated heterocycles. The molecule has 4 aromatic rings. The van der Waals surface area contributed by atoms with E-state index in [-0.39, 0.29) is 16.9 Å². The van der Waals surface area contributed by atoms with Crippen LogP contribution in [0.1, 0.15) is 52.6 Å². The number of benzene rings is 3. The second kappa shape index (κ2) is 9.06. The minimum Gasteiger partial charge on any atom is -0.496 e. The van der Waals surface area contributed by atoms with Crippen molar-refractivity contribution >= 4 is 28.5 Å². The number of aromatic carboxylic acids is 1. The smallest absolute Gasteiger partial charge is 0.335 e. The molecule has 0 saturated carbocycles. The monoisotopic (exact) mass is 456 g/mol. The van der Waals surface area contributed by atoms with Crippen molar-refractivity contribution in [3.63, 3.8) is 0 Å². The molecule has 0 spiro atoms. The van der Waals surface area contributed by atoms with Gasteiger partial charge in [0.05, 0.1) is 24.7 Å². The second-order valence-corrected chi connectivity index (χ2v) is 9.33. The SMILES string of the molecule is COc1cc(C(=O)O)ccc1Cn1ccc2ccc(NC(=O)c3ccc(C(C)(C)C)cc3)cc21. The van der Waals surface area contributed by atoms with Crippen LogP contribution >= 0.6 is 0 Å². The van der Waals surface area contributed by atoms with Crippen LogP contribution in [0.15, 0.2) is 72.9 Å². The summed E-state index contributed by atoms with van der Waals surface area (Å²) in [6, 6.07) is 20.3. The number of carboxylic acid groups (broad SMARTS) is 1. The maximum absolute atomic E-state index is 12.8. The van der Waals surface area contributed by atoms with E-state index in [1.807, 2.05) is 59.3 Å². The number of carbonyl (C=O) groups is 2. The van der Waals surface area contributed by atoms with Gasteiger partial charge in [-0.3, -0.25) is 4.79 Å². The number of fused-ring (bicyclic) bond motifs is 1. The molecule has 0 unspecified atom stereocenters. The van der Waals surface area contributed by atoms with Crippen LogP contribution in [0.5, 0.6) is 5.75 Å². The minimum atomic E-state index is -0.996. The van der Waals surface area contributed by atoms with Crippen molar-refractivity contribution in [2.24, 2.45) is 0 Å². The normalized spacial score (nSPS) is 11.4. The van der Waals surface area contributed by atoms with E-state index in [4.69, 9.17) is 4.74 Å². The molecule has 1 aromatic heterocycles. The molecule has 0 bridgehead atoms. The molecule has 4 rings (SSSR count). The number of methoxy groups -OCH3 is 1. The summed E-state index contributed by atoms with van der Waals surface area (Å²) < 4.78 is 7.46. The van der Waals surface area contributed by atoms with E-state index in [2.05, 4.69) is 26.1 Å². The maximum atomic E-state index is 12.8. The van der Waals surface area contributed by atoms with Crippen molar-refractivity contribution in [3.05, 3.63) is 95.2 Å². The van der Waals surface area contributed by atoms with Crippen LogP contribution in [-0.2, 0) is 12.0 Å². The Bertz CT molecular complexity index is 1360. The first kappa shape index (κ1) is 23.1. The number of nitrogens with zero attached hydrogens (tertiary/aromatic N) is 1. The highest BCUT2D eigenvalue weighted by Gasteiger charge is 2.15. The highest BCUT2D eigenvalue weighted by molar-refractivity contribution is 6.05. The first-order chi connectivity index (χ1) is 16.2. The number of carbonyl (C=O) groups excluding carboxylic acids is 1. The third-order valence-corrected chi connectivity index (χ3v) is 5.92. The lowest BCUT2D eigenvalue weighted by Crippen LogP contribution is -2.14. The number of carboxylic acids is 1. The van der Waals surface area contributed by atoms with E-state index < -0.39 is 5.97 Å². The zero-order chi connectivity index (χ0) is 24.5. The van der Waals surface area contributed by atoms with Crippen molar-refractivity contribution in [1.82, 2.24) is 4.57 Å². The number of anilines is 1. The Morgan fingerprint density at radius 2 is 1.65 bits per heavy atom. The number of amides is 1. The Kier molecular flexibility index (Phi) is 6.16. The average Bonchev–Trinajstić information content (AvgIpc) is 3.20. The van der Waals surface area contributed by atoms with Crippen LogP contribution in [0.4, 0.5) is 5.69 Å². The van der Waals surface area contributed by atoms with E-state index >= 15 is 0 Å². The number of hydrogen-bond donors (Lipinski definition) is 2. The van der Waals surface area contributed by atoms with Crippen LogP contribution in [0.25, 0.3) is 10.9 Å². The summed E-state index contributed by atoms with van der Waals surface area (Å²) in [5, 5.41) is 13.3. The molecule has 0 aliphatic rings. The molecule has 0 fully saturated rings. The summed E-state index contributed by atoms with van der Waals surface area (Å²) >= 11 is 0. The Morgan fingerprint density at radius 3 is 2.29 bits per heavy atom. The molecule has 174 valence electrons. The van der Waals surface area contributed by atoms with E-state index in [0.29, 0.717) is 23.5 Å². The van der Waals surface area contributed by atoms with Crippen molar-refractivity contribution < 1.29 is 19.4 Å². The Morgan fingerprint density at radius 1 is 0.941 bits per heavy atom. The van der Waals surface area contributed by atoms with E-state index in [0.717, 1.165) is 16.5 Å². The standard InChI is InChI=1S/C28H28N2O4/c1-28(2,3)22-10-7-19(8-11-22)26(31)29-23-12-9-18-13-14-30(24(18)16-23)17-21-6-5-20(27(32)33)15-25(21)34-4/h5-16H,17H2,1-4H3,(H,29,31)(H,32,33). The van der Waals surface area contributed by atoms with Gasteiger partial charge in [0.15, 0.2) is 0 Å². The molecule has 0 radical (unpaired) electrons. The highest BCUT2D eigenvalue weighted by atomic mass is 16.5. The lowest BCUT2D eigenvalue weighted by molar-refractivity contribution is 0.0696. The topological polar surface area (TPSA) is 80.6 Å². The Hall–Kier alpha value is -4.06. The zero-order valence-corrected chi connectivity index (χ0v) is 19.8. The van der Waals surface area contributed by atoms with Gasteiger partial charge in [-0.2, -0.15) is 0 Å². The van der Waals surface area contributed by atoms with Crippen molar-refractivity contribution in [2.75, 3.05) is 12.4 Å². The fourth-order valence-electron chi connectivity index (χ4n) is 3.92. The average molecular weight is 457 g/mol. The van der Waals surface area contributed by atoms with Gasteiger partial charge in [0.1, 0.15) is 5.75 Å². The fourth-order valence-corrected chi connectivity index (χ4v) is 3.92. The molecule has 0 atom stereocenters. The van der Waals surface area contributed by atoms with Crippen LogP contribution in [0.2, 0.25) is 0 Å². The number of nitrogens with one attached hydrogen (secondary N) is 1. The Balaban J connectivity index is 1.57. The molecule has 34 heavy (non-hydrogen) atoms. The van der Waals surface area contributed by atoms with Crippen molar-refractivity contribution in [1.29, 1.82) is 0 Å². The first-order valence-electron chi connectivity index (χ1n) is 11.1. The molecule has 2 N–H and O–H groups in total. The molecule has 3 aromatic carbocycles. The second-order valence-electron chi connectivity index (χ2n) is 9.33. The van der Waals surface area contributed by atoms with E-state index in [1.165, 1.54) is 18.7 Å². The van der Waals surface area contributed by atoms with Gasteiger partial charge in [0.2, 0.25) is 0 Å². The largest absolute Gasteiger partial charge is 0.496 e. The molecule has 6 nitrogen and oxygen atoms in total. The van der Waals surface area contributed by atoms with Gasteiger partial charge in [0.25, 0.3) is 5.91 Å². The lowest BCUT2D eigenvalue weighted by atomic mass is 9.87. The summed E-state index contributed by atoms with van der Waals surface area (Å²) in [7, 11) is 1.53. The number of hydrogen-bond acceptors (Lipinski definition) is 3. The van der Waals surface area contributed by atoms with Gasteiger partial charge in [-0.15, -0.1) is 0 Å². The van der Waals surface area contributed by atoms with Gasteiger partial charge in [-0.25, -0.2) is 4.79 Å². The van der Waals surface area contributed by atoms with Crippen LogP contribution in [0, 0.1) is 0 Å². The summed E-state index contributed by atoms with van der Waals surface area (Å²) in [6.07, 6.45) is 1.96. The molecule has 1 heterocycles. The van der Waals surface area contributed by atoms with Gasteiger partial charge in [-0.1, -0.05) is 45.0 Å². The van der Waals surface area contributed by atoms with Crippen molar-refractivity contribution in [2.45, 2.75) is 32.7 Å². The van der Waals surface area contributed by atoms with Crippen LogP contribution in [0.3, 0.4) is 0 Å². The first-order valence-corrected chi connectivity index (χ1v) is 11.1. The van der Waals surface area contributed by atoms with E-state index in [9.17, 15) is 14.7 Å². The van der Waals surface area contributed by atoms with Crippen LogP contribution < -0.4 is 10.1 Å². The van der Waals surface area contributed by atoms with Gasteiger partial charge in [-0.05, 0) is 58.8 Å². The Labute approximate surface area is 198 Å². The van der Waals surface area contributed by atoms with Crippen molar-refractivity contribution in [3.8, 4) is 5.75 Å². The predicted molar refractivity (Wildman–Crippen MR) is 134 cm³/mol. The summed E-state index contributed by atoms with van der Waals surface area (Å²) in [5.41, 5.74) is 4.50. The molecule has 0 aliphatic heterocycles. The molecular formula is C28H28N2O4. The van der Waals surface area contributed by atoms with Gasteiger partial charge in [0, 0.05) is 23.0 Å². The predicted octanol–water partition coefficient (Wildman–Crippen LogP) is 5.95. The maximum Gasteiger partial charge on any atom is 0.335 e. The molecular weight excluding hydrogens is 428 g/mol. The third-order valence-electron chi connectivity index (χ3n) is 5.92. The minimum absolute atomic E-state index is 0.0298. The highest BCUT2D eigenvalue weighted by Crippen LogP contribution is 2.26. The zero-order valence-electron chi connectivity index (χ0n) is 19.8. The third kappa shape index (κ3) is 4.81. The lowest BCUT2D eigenvalue weighted by Gasteiger charge is -2.19. The number of ether oxygens (including phenoxy) is 1. The molecule has 1 amide bonds. The van der Waals surface area contributed by atoms with Crippen LogP contribution in [-0.4, -0.2) is 28.7 Å². The van der Waals surface area contributed by atoms with Gasteiger partial charge < -0.3 is 19.7 Å². The summed E-state index contributed by atoms with van der Waals surface area (Å²) in [6.45, 7) is 6.92. The molecule has 0 aliphatic carbocycles.